The Kier molecular flexibility index (Phi) is 9.01. The number of hydrogen-bond donors (Lipinski definition) is 1. The number of hydrogen-bond acceptors (Lipinski definition) is 6. The second-order valence-corrected chi connectivity index (χ2v) is 9.13. The summed E-state index contributed by atoms with van der Waals surface area (Å²) in [6, 6.07) is 10.0. The van der Waals surface area contributed by atoms with Crippen molar-refractivity contribution in [3.8, 4) is 0 Å². The molecule has 0 amide bonds. The highest BCUT2D eigenvalue weighted by Gasteiger charge is 2.39. The highest BCUT2D eigenvalue weighted by atomic mass is 16.7. The third kappa shape index (κ3) is 7.10. The Morgan fingerprint density at radius 3 is 2.79 bits per heavy atom. The first-order valence-corrected chi connectivity index (χ1v) is 12.0. The first-order valence-electron chi connectivity index (χ1n) is 12.0. The summed E-state index contributed by atoms with van der Waals surface area (Å²) in [4.78, 5) is 16.3. The third-order valence-electron chi connectivity index (χ3n) is 5.97. The lowest BCUT2D eigenvalue weighted by Gasteiger charge is -2.16. The van der Waals surface area contributed by atoms with Crippen LogP contribution in [-0.4, -0.2) is 41.2 Å². The number of carbonyl (C=O) groups excluding carboxylic acids is 1. The molecule has 2 aromatic rings. The van der Waals surface area contributed by atoms with Gasteiger partial charge in [0.15, 0.2) is 5.79 Å². The molecule has 1 unspecified atom stereocenters. The Morgan fingerprint density at radius 2 is 2.03 bits per heavy atom. The fourth-order valence-electron chi connectivity index (χ4n) is 4.27. The summed E-state index contributed by atoms with van der Waals surface area (Å²) in [5, 5.41) is 11.9. The molecule has 3 atom stereocenters. The number of nitrogens with zero attached hydrogens (tertiary/aromatic N) is 1. The molecule has 3 rings (SSSR count). The van der Waals surface area contributed by atoms with Gasteiger partial charge in [0.2, 0.25) is 0 Å². The van der Waals surface area contributed by atoms with E-state index in [0.29, 0.717) is 31.4 Å². The number of pyridine rings is 1. The van der Waals surface area contributed by atoms with Crippen LogP contribution in [0.2, 0.25) is 0 Å². The van der Waals surface area contributed by atoms with Gasteiger partial charge in [-0.2, -0.15) is 0 Å². The molecule has 1 aromatic heterocycles. The van der Waals surface area contributed by atoms with Crippen molar-refractivity contribution in [2.45, 2.75) is 89.8 Å². The monoisotopic (exact) mass is 455 g/mol. The van der Waals surface area contributed by atoms with E-state index in [9.17, 15) is 9.90 Å². The molecule has 1 aliphatic rings. The smallest absolute Gasteiger partial charge is 0.305 e. The standard InChI is InChI=1S/C27H37NO5/c1-5-6-7-13-22(29)26-20(18-19-11-8-9-12-21(19)28-26)16-17-24-23(32-27(2,3)33-24)14-10-15-25(30)31-4/h8-9,11-12,16-18,22-24,29H,5-7,10,13-15H2,1-4H3/b17-16+/t22?,23-,24+/m0/s1. The van der Waals surface area contributed by atoms with Gasteiger partial charge in [-0.15, -0.1) is 0 Å². The zero-order valence-electron chi connectivity index (χ0n) is 20.3. The highest BCUT2D eigenvalue weighted by molar-refractivity contribution is 5.81. The Balaban J connectivity index is 1.82. The van der Waals surface area contributed by atoms with E-state index in [2.05, 4.69) is 13.0 Å². The number of rotatable bonds is 11. The Bertz CT molecular complexity index is 955. The van der Waals surface area contributed by atoms with Crippen molar-refractivity contribution in [1.29, 1.82) is 0 Å². The molecule has 2 heterocycles. The van der Waals surface area contributed by atoms with Crippen molar-refractivity contribution in [3.63, 3.8) is 0 Å². The van der Waals surface area contributed by atoms with Crippen molar-refractivity contribution >= 4 is 22.9 Å². The highest BCUT2D eigenvalue weighted by Crippen LogP contribution is 2.33. The van der Waals surface area contributed by atoms with Crippen LogP contribution in [0.15, 0.2) is 36.4 Å². The molecule has 1 N–H and O–H groups in total. The van der Waals surface area contributed by atoms with E-state index >= 15 is 0 Å². The van der Waals surface area contributed by atoms with Crippen molar-refractivity contribution in [2.75, 3.05) is 7.11 Å². The summed E-state index contributed by atoms with van der Waals surface area (Å²) in [7, 11) is 1.40. The van der Waals surface area contributed by atoms with E-state index in [0.717, 1.165) is 35.7 Å². The lowest BCUT2D eigenvalue weighted by atomic mass is 10.00. The van der Waals surface area contributed by atoms with Gasteiger partial charge in [0.1, 0.15) is 6.10 Å². The molecule has 0 spiro atoms. The number of aromatic nitrogens is 1. The Labute approximate surface area is 197 Å². The SMILES string of the molecule is CCCCCC(O)c1nc2ccccc2cc1/C=C/[C@H]1OC(C)(C)O[C@H]1CCCC(=O)OC. The normalized spacial score (nSPS) is 21.0. The van der Waals surface area contributed by atoms with E-state index in [4.69, 9.17) is 19.2 Å². The fourth-order valence-corrected chi connectivity index (χ4v) is 4.27. The summed E-state index contributed by atoms with van der Waals surface area (Å²) in [5.74, 6) is -0.918. The summed E-state index contributed by atoms with van der Waals surface area (Å²) in [5.41, 5.74) is 2.46. The zero-order chi connectivity index (χ0) is 23.8. The predicted octanol–water partition coefficient (Wildman–Crippen LogP) is 5.73. The van der Waals surface area contributed by atoms with Crippen molar-refractivity contribution in [3.05, 3.63) is 47.7 Å². The van der Waals surface area contributed by atoms with Gasteiger partial charge in [-0.05, 0) is 50.8 Å². The largest absolute Gasteiger partial charge is 0.469 e. The number of para-hydroxylation sites is 1. The summed E-state index contributed by atoms with van der Waals surface area (Å²) < 4.78 is 17.0. The molecule has 0 bridgehead atoms. The average Bonchev–Trinajstić information content (AvgIpc) is 3.10. The molecule has 1 aromatic carbocycles. The van der Waals surface area contributed by atoms with Crippen molar-refractivity contribution < 1.29 is 24.1 Å². The van der Waals surface area contributed by atoms with Gasteiger partial charge in [0.05, 0.1) is 30.5 Å². The summed E-state index contributed by atoms with van der Waals surface area (Å²) >= 11 is 0. The summed E-state index contributed by atoms with van der Waals surface area (Å²) in [6.07, 6.45) is 8.51. The molecule has 1 aliphatic heterocycles. The number of ether oxygens (including phenoxy) is 3. The molecule has 0 saturated carbocycles. The van der Waals surface area contributed by atoms with Gasteiger partial charge in [-0.1, -0.05) is 56.5 Å². The number of benzene rings is 1. The number of aliphatic hydroxyl groups excluding tert-OH is 1. The molecular formula is C27H37NO5. The Morgan fingerprint density at radius 1 is 1.24 bits per heavy atom. The molecule has 0 aliphatic carbocycles. The molecule has 1 fully saturated rings. The lowest BCUT2D eigenvalue weighted by molar-refractivity contribution is -0.144. The molecular weight excluding hydrogens is 418 g/mol. The maximum Gasteiger partial charge on any atom is 0.305 e. The minimum absolute atomic E-state index is 0.160. The molecule has 1 saturated heterocycles. The lowest BCUT2D eigenvalue weighted by Crippen LogP contribution is -2.21. The minimum Gasteiger partial charge on any atom is -0.469 e. The Hall–Kier alpha value is -2.28. The van der Waals surface area contributed by atoms with Crippen molar-refractivity contribution in [2.24, 2.45) is 0 Å². The van der Waals surface area contributed by atoms with Gasteiger partial charge in [0, 0.05) is 11.8 Å². The van der Waals surface area contributed by atoms with Crippen LogP contribution in [0, 0.1) is 0 Å². The number of carbonyl (C=O) groups is 1. The average molecular weight is 456 g/mol. The van der Waals surface area contributed by atoms with E-state index in [1.54, 1.807) is 0 Å². The first-order chi connectivity index (χ1) is 15.8. The van der Waals surface area contributed by atoms with Gasteiger partial charge < -0.3 is 19.3 Å². The van der Waals surface area contributed by atoms with E-state index in [1.807, 2.05) is 50.3 Å². The second kappa shape index (κ2) is 11.7. The van der Waals surface area contributed by atoms with Crippen LogP contribution in [0.5, 0.6) is 0 Å². The minimum atomic E-state index is -0.699. The topological polar surface area (TPSA) is 77.9 Å². The van der Waals surface area contributed by atoms with Gasteiger partial charge in [-0.3, -0.25) is 4.79 Å². The van der Waals surface area contributed by atoms with E-state index in [1.165, 1.54) is 7.11 Å². The number of unbranched alkanes of at least 4 members (excludes halogenated alkanes) is 2. The molecule has 6 heteroatoms. The molecule has 0 radical (unpaired) electrons. The van der Waals surface area contributed by atoms with Crippen LogP contribution in [0.1, 0.15) is 83.1 Å². The quantitative estimate of drug-likeness (QED) is 0.345. The van der Waals surface area contributed by atoms with E-state index < -0.39 is 11.9 Å². The van der Waals surface area contributed by atoms with Crippen LogP contribution >= 0.6 is 0 Å². The van der Waals surface area contributed by atoms with Gasteiger partial charge >= 0.3 is 5.97 Å². The maximum absolute atomic E-state index is 11.5. The summed E-state index contributed by atoms with van der Waals surface area (Å²) in [6.45, 7) is 5.95. The molecule has 33 heavy (non-hydrogen) atoms. The van der Waals surface area contributed by atoms with Crippen LogP contribution in [-0.2, 0) is 19.0 Å². The van der Waals surface area contributed by atoms with Crippen LogP contribution in [0.4, 0.5) is 0 Å². The fraction of sp³-hybridized carbons (Fsp3) is 0.556. The second-order valence-electron chi connectivity index (χ2n) is 9.13. The van der Waals surface area contributed by atoms with Crippen LogP contribution in [0.25, 0.3) is 17.0 Å². The van der Waals surface area contributed by atoms with E-state index in [-0.39, 0.29) is 18.2 Å². The predicted molar refractivity (Wildman–Crippen MR) is 130 cm³/mol. The van der Waals surface area contributed by atoms with Gasteiger partial charge in [-0.25, -0.2) is 4.98 Å². The molecule has 180 valence electrons. The zero-order valence-corrected chi connectivity index (χ0v) is 20.3. The van der Waals surface area contributed by atoms with Gasteiger partial charge in [0.25, 0.3) is 0 Å². The number of aliphatic hydroxyl groups is 1. The number of methoxy groups -OCH3 is 1. The maximum atomic E-state index is 11.5. The number of esters is 1. The first kappa shape index (κ1) is 25.3. The number of fused-ring (bicyclic) bond motifs is 1. The third-order valence-corrected chi connectivity index (χ3v) is 5.97. The van der Waals surface area contributed by atoms with Crippen LogP contribution in [0.3, 0.4) is 0 Å². The molecule has 6 nitrogen and oxygen atoms in total. The van der Waals surface area contributed by atoms with Crippen molar-refractivity contribution in [1.82, 2.24) is 4.98 Å². The van der Waals surface area contributed by atoms with Crippen LogP contribution < -0.4 is 0 Å².